The molecule has 0 aromatic carbocycles. The van der Waals surface area contributed by atoms with E-state index in [0.717, 1.165) is 8.95 Å². The van der Waals surface area contributed by atoms with E-state index in [4.69, 9.17) is 0 Å². The van der Waals surface area contributed by atoms with Crippen LogP contribution in [0, 0.1) is 5.95 Å². The van der Waals surface area contributed by atoms with E-state index >= 15 is 0 Å². The zero-order valence-corrected chi connectivity index (χ0v) is 23.3. The van der Waals surface area contributed by atoms with Crippen LogP contribution in [0.3, 0.4) is 0 Å². The van der Waals surface area contributed by atoms with Crippen LogP contribution in [0.1, 0.15) is 11.4 Å². The van der Waals surface area contributed by atoms with Crippen molar-refractivity contribution in [1.29, 1.82) is 0 Å². The van der Waals surface area contributed by atoms with E-state index < -0.39 is 25.6 Å². The molecular formula is C19H19Br3FN3O4S2. The van der Waals surface area contributed by atoms with Gasteiger partial charge in [-0.2, -0.15) is 4.39 Å². The van der Waals surface area contributed by atoms with Crippen molar-refractivity contribution >= 4 is 67.5 Å². The minimum Gasteiger partial charge on any atom is -0.260 e. The molecule has 3 heterocycles. The van der Waals surface area contributed by atoms with E-state index in [1.54, 1.807) is 42.7 Å². The number of sulfone groups is 2. The van der Waals surface area contributed by atoms with Crippen LogP contribution in [0.5, 0.6) is 0 Å². The Balaban J connectivity index is 0.000000245. The van der Waals surface area contributed by atoms with E-state index in [1.165, 1.54) is 24.8 Å². The Morgan fingerprint density at radius 1 is 0.688 bits per heavy atom. The molecule has 7 nitrogen and oxygen atoms in total. The Hall–Kier alpha value is -1.28. The van der Waals surface area contributed by atoms with Gasteiger partial charge in [0.05, 0.1) is 22.9 Å². The molecule has 32 heavy (non-hydrogen) atoms. The molecular weight excluding hydrogens is 657 g/mol. The molecule has 0 amide bonds. The average Bonchev–Trinajstić information content (AvgIpc) is 2.59. The number of aromatic nitrogens is 3. The molecule has 0 atom stereocenters. The summed E-state index contributed by atoms with van der Waals surface area (Å²) in [5, 5.41) is 0. The Morgan fingerprint density at radius 3 is 1.28 bits per heavy atom. The monoisotopic (exact) mass is 673 g/mol. The van der Waals surface area contributed by atoms with Crippen LogP contribution in [-0.4, -0.2) is 44.3 Å². The number of pyridine rings is 3. The second kappa shape index (κ2) is 13.4. The molecule has 0 N–H and O–H groups in total. The summed E-state index contributed by atoms with van der Waals surface area (Å²) in [6, 6.07) is 9.88. The minimum absolute atomic E-state index is 0.00750. The number of halogens is 4. The molecule has 0 radical (unpaired) electrons. The number of nitrogens with zero attached hydrogens (tertiary/aromatic N) is 3. The second-order valence-electron chi connectivity index (χ2n) is 6.37. The predicted octanol–water partition coefficient (Wildman–Crippen LogP) is 4.76. The smallest absolute Gasteiger partial charge is 0.213 e. The standard InChI is InChI=1S/2C7H8BrNO2S.C5H3BrFN/c2*1-12(10,11)5-7-4-6(8)2-3-9-7;6-4-1-2-8-5(7)3-4/h2*2-4H,5H2,1H3;1-3H. The minimum atomic E-state index is -2.98. The fourth-order valence-electron chi connectivity index (χ4n) is 1.97. The number of hydrogen-bond acceptors (Lipinski definition) is 7. The van der Waals surface area contributed by atoms with Gasteiger partial charge in [0, 0.05) is 50.6 Å². The van der Waals surface area contributed by atoms with E-state index in [1.807, 2.05) is 0 Å². The Kier molecular flexibility index (Phi) is 12.1. The SMILES string of the molecule is CS(=O)(=O)Cc1cc(Br)ccn1.CS(=O)(=O)Cc1cc(Br)ccn1.Fc1cc(Br)ccn1. The molecule has 13 heteroatoms. The fourth-order valence-corrected chi connectivity index (χ4v) is 4.43. The van der Waals surface area contributed by atoms with Gasteiger partial charge in [0.15, 0.2) is 19.7 Å². The van der Waals surface area contributed by atoms with Gasteiger partial charge in [0.2, 0.25) is 5.95 Å². The first-order valence-electron chi connectivity index (χ1n) is 8.57. The lowest BCUT2D eigenvalue weighted by Gasteiger charge is -1.97. The summed E-state index contributed by atoms with van der Waals surface area (Å²) in [6.07, 6.45) is 6.93. The van der Waals surface area contributed by atoms with Crippen molar-refractivity contribution in [2.24, 2.45) is 0 Å². The van der Waals surface area contributed by atoms with Gasteiger partial charge in [0.25, 0.3) is 0 Å². The zero-order chi connectivity index (χ0) is 24.4. The molecule has 3 aromatic rings. The normalized spacial score (nSPS) is 10.9. The van der Waals surface area contributed by atoms with E-state index in [-0.39, 0.29) is 11.5 Å². The molecule has 0 aliphatic carbocycles. The summed E-state index contributed by atoms with van der Waals surface area (Å²) in [4.78, 5) is 11.2. The van der Waals surface area contributed by atoms with Gasteiger partial charge in [0.1, 0.15) is 0 Å². The highest BCUT2D eigenvalue weighted by Gasteiger charge is 2.06. The molecule has 0 fully saturated rings. The fraction of sp³-hybridized carbons (Fsp3) is 0.211. The van der Waals surface area contributed by atoms with Crippen molar-refractivity contribution in [3.8, 4) is 0 Å². The molecule has 0 aliphatic rings. The maximum absolute atomic E-state index is 12.0. The topological polar surface area (TPSA) is 107 Å². The van der Waals surface area contributed by atoms with Crippen molar-refractivity contribution in [1.82, 2.24) is 15.0 Å². The summed E-state index contributed by atoms with van der Waals surface area (Å²) >= 11 is 9.55. The lowest BCUT2D eigenvalue weighted by molar-refractivity contribution is 0.582. The molecule has 0 saturated carbocycles. The molecule has 3 rings (SSSR count). The number of hydrogen-bond donors (Lipinski definition) is 0. The van der Waals surface area contributed by atoms with Crippen LogP contribution < -0.4 is 0 Å². The summed E-state index contributed by atoms with van der Waals surface area (Å²) in [5.41, 5.74) is 1.12. The lowest BCUT2D eigenvalue weighted by atomic mass is 10.4. The van der Waals surface area contributed by atoms with Gasteiger partial charge in [-0.25, -0.2) is 21.8 Å². The summed E-state index contributed by atoms with van der Waals surface area (Å²) < 4.78 is 57.9. The van der Waals surface area contributed by atoms with Crippen LogP contribution >= 0.6 is 47.8 Å². The van der Waals surface area contributed by atoms with Crippen molar-refractivity contribution in [2.45, 2.75) is 11.5 Å². The highest BCUT2D eigenvalue weighted by atomic mass is 79.9. The summed E-state index contributed by atoms with van der Waals surface area (Å²) in [7, 11) is -5.95. The van der Waals surface area contributed by atoms with Gasteiger partial charge >= 0.3 is 0 Å². The van der Waals surface area contributed by atoms with E-state index in [2.05, 4.69) is 62.7 Å². The molecule has 0 saturated heterocycles. The first-order chi connectivity index (χ1) is 14.7. The second-order valence-corrected chi connectivity index (χ2v) is 13.4. The molecule has 0 aliphatic heterocycles. The largest absolute Gasteiger partial charge is 0.260 e. The van der Waals surface area contributed by atoms with Gasteiger partial charge in [-0.3, -0.25) is 9.97 Å². The average molecular weight is 676 g/mol. The Morgan fingerprint density at radius 2 is 1.03 bits per heavy atom. The number of rotatable bonds is 4. The van der Waals surface area contributed by atoms with Gasteiger partial charge < -0.3 is 0 Å². The van der Waals surface area contributed by atoms with Crippen LogP contribution in [0.4, 0.5) is 4.39 Å². The summed E-state index contributed by atoms with van der Waals surface area (Å²) in [6.45, 7) is 0. The van der Waals surface area contributed by atoms with E-state index in [9.17, 15) is 21.2 Å². The Labute approximate surface area is 212 Å². The van der Waals surface area contributed by atoms with Crippen LogP contribution in [0.15, 0.2) is 68.4 Å². The molecule has 3 aromatic heterocycles. The van der Waals surface area contributed by atoms with Gasteiger partial charge in [-0.05, 0) is 30.3 Å². The first-order valence-corrected chi connectivity index (χ1v) is 15.1. The highest BCUT2D eigenvalue weighted by molar-refractivity contribution is 9.11. The van der Waals surface area contributed by atoms with Crippen molar-refractivity contribution in [3.63, 3.8) is 0 Å². The third-order valence-corrected chi connectivity index (χ3v) is 6.19. The molecule has 0 bridgehead atoms. The van der Waals surface area contributed by atoms with Crippen molar-refractivity contribution in [3.05, 3.63) is 85.7 Å². The van der Waals surface area contributed by atoms with Gasteiger partial charge in [-0.1, -0.05) is 47.8 Å². The van der Waals surface area contributed by atoms with Gasteiger partial charge in [-0.15, -0.1) is 0 Å². The van der Waals surface area contributed by atoms with E-state index in [0.29, 0.717) is 15.9 Å². The van der Waals surface area contributed by atoms with Crippen molar-refractivity contribution in [2.75, 3.05) is 12.5 Å². The predicted molar refractivity (Wildman–Crippen MR) is 133 cm³/mol. The third kappa shape index (κ3) is 14.7. The maximum atomic E-state index is 12.0. The lowest BCUT2D eigenvalue weighted by Crippen LogP contribution is -2.02. The van der Waals surface area contributed by atoms with Crippen LogP contribution in [-0.2, 0) is 31.2 Å². The quantitative estimate of drug-likeness (QED) is 0.367. The zero-order valence-electron chi connectivity index (χ0n) is 16.9. The Bertz CT molecular complexity index is 1150. The maximum Gasteiger partial charge on any atom is 0.213 e. The first kappa shape index (κ1) is 28.8. The molecule has 0 unspecified atom stereocenters. The molecule has 174 valence electrons. The van der Waals surface area contributed by atoms with Crippen molar-refractivity contribution < 1.29 is 21.2 Å². The summed E-state index contributed by atoms with van der Waals surface area (Å²) in [5.74, 6) is -0.474. The highest BCUT2D eigenvalue weighted by Crippen LogP contribution is 2.11. The third-order valence-electron chi connectivity index (χ3n) is 3.07. The van der Waals surface area contributed by atoms with Crippen LogP contribution in [0.25, 0.3) is 0 Å². The van der Waals surface area contributed by atoms with Crippen LogP contribution in [0.2, 0.25) is 0 Å². The molecule has 0 spiro atoms.